The molecular weight excluding hydrogens is 346 g/mol. The van der Waals surface area contributed by atoms with Crippen LogP contribution >= 0.6 is 11.3 Å². The van der Waals surface area contributed by atoms with Crippen LogP contribution in [0.4, 0.5) is 0 Å². The van der Waals surface area contributed by atoms with Crippen molar-refractivity contribution in [1.29, 1.82) is 0 Å². The Kier molecular flexibility index (Phi) is 5.77. The van der Waals surface area contributed by atoms with Crippen molar-refractivity contribution in [1.82, 2.24) is 24.6 Å². The van der Waals surface area contributed by atoms with Gasteiger partial charge in [-0.15, -0.1) is 11.3 Å². The summed E-state index contributed by atoms with van der Waals surface area (Å²) in [5, 5.41) is 7.58. The van der Waals surface area contributed by atoms with E-state index in [2.05, 4.69) is 36.1 Å². The summed E-state index contributed by atoms with van der Waals surface area (Å²) in [6.45, 7) is 13.3. The van der Waals surface area contributed by atoms with Crippen LogP contribution in [0.15, 0.2) is 17.6 Å². The summed E-state index contributed by atoms with van der Waals surface area (Å²) in [6, 6.07) is 1.93. The molecule has 0 N–H and O–H groups in total. The van der Waals surface area contributed by atoms with Gasteiger partial charge in [0.25, 0.3) is 0 Å². The smallest absolute Gasteiger partial charge is 0.244 e. The molecule has 0 radical (unpaired) electrons. The van der Waals surface area contributed by atoms with Crippen LogP contribution in [0.3, 0.4) is 0 Å². The molecule has 1 amide bonds. The predicted octanol–water partition coefficient (Wildman–Crippen LogP) is 2.68. The summed E-state index contributed by atoms with van der Waals surface area (Å²) >= 11 is 1.75. The second-order valence-electron chi connectivity index (χ2n) is 8.03. The lowest BCUT2D eigenvalue weighted by atomic mass is 9.98. The van der Waals surface area contributed by atoms with Crippen LogP contribution < -0.4 is 0 Å². The summed E-state index contributed by atoms with van der Waals surface area (Å²) in [4.78, 5) is 21.8. The highest BCUT2D eigenvalue weighted by molar-refractivity contribution is 7.09. The van der Waals surface area contributed by atoms with Gasteiger partial charge in [0.15, 0.2) is 0 Å². The highest BCUT2D eigenvalue weighted by Crippen LogP contribution is 2.26. The Morgan fingerprint density at radius 2 is 2.04 bits per heavy atom. The zero-order chi connectivity index (χ0) is 18.7. The van der Waals surface area contributed by atoms with Gasteiger partial charge in [0, 0.05) is 55.4 Å². The molecule has 3 rings (SSSR count). The molecule has 2 aromatic rings. The average Bonchev–Trinajstić information content (AvgIpc) is 3.12. The number of carbonyl (C=O) groups excluding carboxylic acids is 1. The maximum absolute atomic E-state index is 12.6. The van der Waals surface area contributed by atoms with Crippen molar-refractivity contribution >= 4 is 17.2 Å². The van der Waals surface area contributed by atoms with Gasteiger partial charge in [0.1, 0.15) is 6.54 Å². The number of hydrogen-bond acceptors (Lipinski definition) is 5. The molecule has 1 saturated heterocycles. The first-order valence-electron chi connectivity index (χ1n) is 9.26. The summed E-state index contributed by atoms with van der Waals surface area (Å²) in [7, 11) is 0. The van der Waals surface area contributed by atoms with E-state index < -0.39 is 0 Å². The molecule has 0 atom stereocenters. The molecule has 0 aromatic carbocycles. The summed E-state index contributed by atoms with van der Waals surface area (Å²) in [5.74, 6) is 0.155. The summed E-state index contributed by atoms with van der Waals surface area (Å²) < 4.78 is 1.77. The minimum atomic E-state index is 0.107. The monoisotopic (exact) mass is 375 g/mol. The van der Waals surface area contributed by atoms with E-state index in [0.717, 1.165) is 50.5 Å². The zero-order valence-corrected chi connectivity index (χ0v) is 17.1. The predicted molar refractivity (Wildman–Crippen MR) is 104 cm³/mol. The third-order valence-electron chi connectivity index (χ3n) is 4.73. The van der Waals surface area contributed by atoms with Crippen LogP contribution in [0, 0.1) is 6.92 Å². The first-order chi connectivity index (χ1) is 12.3. The Bertz CT molecular complexity index is 745. The Hall–Kier alpha value is -1.73. The van der Waals surface area contributed by atoms with Gasteiger partial charge in [0.05, 0.1) is 10.7 Å². The highest BCUT2D eigenvalue weighted by Gasteiger charge is 2.22. The van der Waals surface area contributed by atoms with Crippen LogP contribution in [0.1, 0.15) is 43.6 Å². The van der Waals surface area contributed by atoms with Gasteiger partial charge >= 0.3 is 0 Å². The Labute approximate surface area is 159 Å². The largest absolute Gasteiger partial charge is 0.340 e. The number of thiazole rings is 1. The van der Waals surface area contributed by atoms with Crippen molar-refractivity contribution in [2.75, 3.05) is 26.2 Å². The van der Waals surface area contributed by atoms with Gasteiger partial charge in [-0.25, -0.2) is 4.98 Å². The SMILES string of the molecule is Cc1ccnn1CC(=O)N1CCCN(Cc2csc(C(C)(C)C)n2)CC1. The number of hydrogen-bond donors (Lipinski definition) is 0. The van der Waals surface area contributed by atoms with Crippen molar-refractivity contribution in [3.63, 3.8) is 0 Å². The molecule has 0 spiro atoms. The second-order valence-corrected chi connectivity index (χ2v) is 8.89. The number of carbonyl (C=O) groups is 1. The van der Waals surface area contributed by atoms with E-state index in [0.29, 0.717) is 6.54 Å². The second kappa shape index (κ2) is 7.88. The molecule has 6 nitrogen and oxygen atoms in total. The molecule has 3 heterocycles. The Morgan fingerprint density at radius 3 is 2.69 bits per heavy atom. The fourth-order valence-corrected chi connectivity index (χ4v) is 4.02. The molecule has 142 valence electrons. The molecule has 1 fully saturated rings. The molecule has 0 unspecified atom stereocenters. The zero-order valence-electron chi connectivity index (χ0n) is 16.2. The topological polar surface area (TPSA) is 54.3 Å². The molecule has 2 aromatic heterocycles. The average molecular weight is 376 g/mol. The Balaban J connectivity index is 1.54. The molecule has 1 aliphatic rings. The van der Waals surface area contributed by atoms with Crippen molar-refractivity contribution in [3.05, 3.63) is 34.0 Å². The normalized spacial score (nSPS) is 16.7. The van der Waals surface area contributed by atoms with Gasteiger partial charge in [-0.1, -0.05) is 20.8 Å². The highest BCUT2D eigenvalue weighted by atomic mass is 32.1. The van der Waals surface area contributed by atoms with Gasteiger partial charge in [-0.2, -0.15) is 5.10 Å². The van der Waals surface area contributed by atoms with Crippen molar-refractivity contribution in [2.45, 2.75) is 52.6 Å². The molecule has 1 aliphatic heterocycles. The van der Waals surface area contributed by atoms with Crippen LogP contribution in [-0.2, 0) is 23.3 Å². The fraction of sp³-hybridized carbons (Fsp3) is 0.632. The fourth-order valence-electron chi connectivity index (χ4n) is 3.12. The minimum Gasteiger partial charge on any atom is -0.340 e. The van der Waals surface area contributed by atoms with Crippen LogP contribution in [0.25, 0.3) is 0 Å². The van der Waals surface area contributed by atoms with E-state index in [9.17, 15) is 4.79 Å². The Morgan fingerprint density at radius 1 is 1.23 bits per heavy atom. The molecule has 7 heteroatoms. The number of amides is 1. The summed E-state index contributed by atoms with van der Waals surface area (Å²) in [6.07, 6.45) is 2.74. The lowest BCUT2D eigenvalue weighted by Crippen LogP contribution is -2.37. The lowest BCUT2D eigenvalue weighted by molar-refractivity contribution is -0.131. The van der Waals surface area contributed by atoms with E-state index >= 15 is 0 Å². The molecule has 0 bridgehead atoms. The number of aromatic nitrogens is 3. The maximum atomic E-state index is 12.6. The van der Waals surface area contributed by atoms with E-state index in [4.69, 9.17) is 4.98 Å². The van der Waals surface area contributed by atoms with Crippen LogP contribution in [0.2, 0.25) is 0 Å². The summed E-state index contributed by atoms with van der Waals surface area (Å²) in [5.41, 5.74) is 2.27. The first kappa shape index (κ1) is 19.0. The van der Waals surface area contributed by atoms with Gasteiger partial charge in [-0.3, -0.25) is 14.4 Å². The third-order valence-corrected chi connectivity index (χ3v) is 6.05. The van der Waals surface area contributed by atoms with Crippen molar-refractivity contribution in [3.8, 4) is 0 Å². The standard InChI is InChI=1S/C19H29N5OS/c1-15-6-7-20-24(15)13-17(25)23-9-5-8-22(10-11-23)12-16-14-26-18(21-16)19(2,3)4/h6-7,14H,5,8-13H2,1-4H3. The molecule has 0 aliphatic carbocycles. The quantitative estimate of drug-likeness (QED) is 0.824. The lowest BCUT2D eigenvalue weighted by Gasteiger charge is -2.22. The van der Waals surface area contributed by atoms with E-state index in [-0.39, 0.29) is 11.3 Å². The van der Waals surface area contributed by atoms with Crippen molar-refractivity contribution in [2.24, 2.45) is 0 Å². The van der Waals surface area contributed by atoms with Crippen LogP contribution in [-0.4, -0.2) is 56.7 Å². The minimum absolute atomic E-state index is 0.107. The molecular formula is C19H29N5OS. The van der Waals surface area contributed by atoms with Crippen LogP contribution in [0.5, 0.6) is 0 Å². The van der Waals surface area contributed by atoms with Crippen molar-refractivity contribution < 1.29 is 4.79 Å². The van der Waals surface area contributed by atoms with E-state index in [1.165, 1.54) is 5.01 Å². The van der Waals surface area contributed by atoms with Gasteiger partial charge in [-0.05, 0) is 19.4 Å². The third kappa shape index (κ3) is 4.71. The first-order valence-corrected chi connectivity index (χ1v) is 10.1. The number of aryl methyl sites for hydroxylation is 1. The maximum Gasteiger partial charge on any atom is 0.244 e. The van der Waals surface area contributed by atoms with E-state index in [1.54, 1.807) is 22.2 Å². The molecule has 26 heavy (non-hydrogen) atoms. The number of rotatable bonds is 4. The van der Waals surface area contributed by atoms with Gasteiger partial charge in [0.2, 0.25) is 5.91 Å². The van der Waals surface area contributed by atoms with E-state index in [1.807, 2.05) is 17.9 Å². The van der Waals surface area contributed by atoms with Gasteiger partial charge < -0.3 is 4.90 Å². The number of nitrogens with zero attached hydrogens (tertiary/aromatic N) is 5. The molecule has 0 saturated carbocycles.